The zero-order valence-corrected chi connectivity index (χ0v) is 23.4. The van der Waals surface area contributed by atoms with E-state index in [1.54, 1.807) is 6.07 Å². The molecule has 7 nitrogen and oxygen atoms in total. The monoisotopic (exact) mass is 545 g/mol. The number of aromatic hydroxyl groups is 1. The van der Waals surface area contributed by atoms with Crippen molar-refractivity contribution >= 4 is 27.4 Å². The van der Waals surface area contributed by atoms with Crippen LogP contribution in [0.5, 0.6) is 5.75 Å². The molecule has 1 saturated carbocycles. The number of rotatable bonds is 7. The molecule has 4 aromatic rings. The van der Waals surface area contributed by atoms with Gasteiger partial charge in [0, 0.05) is 34.7 Å². The number of carbonyl (C=O) groups is 1. The van der Waals surface area contributed by atoms with E-state index in [0.717, 1.165) is 55.7 Å². The fourth-order valence-corrected chi connectivity index (χ4v) is 7.73. The average Bonchev–Trinajstić information content (AvgIpc) is 3.48. The second-order valence-corrected chi connectivity index (χ2v) is 12.6. The maximum absolute atomic E-state index is 11.6. The Morgan fingerprint density at radius 3 is 2.56 bits per heavy atom. The zero-order valence-electron chi connectivity index (χ0n) is 22.6. The minimum Gasteiger partial charge on any atom is -0.507 e. The predicted molar refractivity (Wildman–Crippen MR) is 152 cm³/mol. The molecule has 0 radical (unpaired) electrons. The topological polar surface area (TPSA) is 99.7 Å². The average molecular weight is 546 g/mol. The molecule has 204 valence electrons. The summed E-state index contributed by atoms with van der Waals surface area (Å²) in [6.07, 6.45) is 6.36. The maximum atomic E-state index is 11.6. The van der Waals surface area contributed by atoms with E-state index in [1.165, 1.54) is 20.5 Å². The zero-order chi connectivity index (χ0) is 27.3. The van der Waals surface area contributed by atoms with E-state index in [9.17, 15) is 15.0 Å². The molecule has 1 saturated heterocycles. The highest BCUT2D eigenvalue weighted by Gasteiger charge is 2.39. The van der Waals surface area contributed by atoms with Crippen molar-refractivity contribution in [3.8, 4) is 17.0 Å². The van der Waals surface area contributed by atoms with E-state index in [0.29, 0.717) is 23.6 Å². The number of hydrogen-bond acceptors (Lipinski definition) is 7. The van der Waals surface area contributed by atoms with Crippen LogP contribution in [0, 0.1) is 12.8 Å². The summed E-state index contributed by atoms with van der Waals surface area (Å²) in [4.78, 5) is 20.4. The molecule has 6 rings (SSSR count). The van der Waals surface area contributed by atoms with Gasteiger partial charge < -0.3 is 19.6 Å². The first kappa shape index (κ1) is 26.0. The quantitative estimate of drug-likeness (QED) is 0.260. The Morgan fingerprint density at radius 2 is 1.87 bits per heavy atom. The number of phenols is 1. The number of para-hydroxylation sites is 1. The second-order valence-electron chi connectivity index (χ2n) is 11.5. The number of piperidine rings is 1. The van der Waals surface area contributed by atoms with Gasteiger partial charge in [0.05, 0.1) is 16.1 Å². The van der Waals surface area contributed by atoms with E-state index in [1.807, 2.05) is 55.6 Å². The lowest BCUT2D eigenvalue weighted by atomic mass is 9.76. The van der Waals surface area contributed by atoms with E-state index in [-0.39, 0.29) is 11.7 Å². The van der Waals surface area contributed by atoms with E-state index in [4.69, 9.17) is 4.52 Å². The standard InChI is InChI=1S/C31H35N3O4S/c1-17(2)29(31(36)37)27-15-24(33-38-27)20-12-21(13-20)34-10-8-19(9-11-34)30-18(3)23-14-25(32-16-28(23)39-30)22-6-4-5-7-26(22)35/h4-7,14-17,19-21,29,35H,8-13H2,1-3H3,(H,36,37). The lowest BCUT2D eigenvalue weighted by Gasteiger charge is -2.45. The molecule has 2 N–H and O–H groups in total. The van der Waals surface area contributed by atoms with Gasteiger partial charge in [0.2, 0.25) is 0 Å². The Kier molecular flexibility index (Phi) is 6.93. The third-order valence-corrected chi connectivity index (χ3v) is 10.2. The first-order chi connectivity index (χ1) is 18.8. The van der Waals surface area contributed by atoms with Crippen molar-refractivity contribution in [2.45, 2.75) is 70.3 Å². The molecule has 2 fully saturated rings. The smallest absolute Gasteiger partial charge is 0.314 e. The van der Waals surface area contributed by atoms with Crippen molar-refractivity contribution in [2.24, 2.45) is 5.92 Å². The molecule has 0 bridgehead atoms. The summed E-state index contributed by atoms with van der Waals surface area (Å²) in [7, 11) is 0. The molecule has 8 heteroatoms. The van der Waals surface area contributed by atoms with Crippen LogP contribution < -0.4 is 0 Å². The van der Waals surface area contributed by atoms with Crippen LogP contribution in [-0.2, 0) is 4.79 Å². The Hall–Kier alpha value is -3.23. The molecule has 0 amide bonds. The third kappa shape index (κ3) is 4.85. The Morgan fingerprint density at radius 1 is 1.13 bits per heavy atom. The van der Waals surface area contributed by atoms with Crippen molar-refractivity contribution in [3.63, 3.8) is 0 Å². The molecular formula is C31H35N3O4S. The summed E-state index contributed by atoms with van der Waals surface area (Å²) in [6.45, 7) is 8.21. The molecule has 1 atom stereocenters. The second kappa shape index (κ2) is 10.4. The van der Waals surface area contributed by atoms with Gasteiger partial charge in [-0.3, -0.25) is 9.78 Å². The summed E-state index contributed by atoms with van der Waals surface area (Å²) in [5.74, 6) is 0.0893. The van der Waals surface area contributed by atoms with Crippen LogP contribution >= 0.6 is 11.3 Å². The highest BCUT2D eigenvalue weighted by Crippen LogP contribution is 2.45. The minimum atomic E-state index is -0.858. The number of aryl methyl sites for hydroxylation is 1. The Bertz CT molecular complexity index is 1490. The van der Waals surface area contributed by atoms with Crippen LogP contribution in [0.25, 0.3) is 21.3 Å². The van der Waals surface area contributed by atoms with Crippen molar-refractivity contribution in [3.05, 3.63) is 64.5 Å². The molecule has 3 aromatic heterocycles. The van der Waals surface area contributed by atoms with Crippen LogP contribution in [0.15, 0.2) is 47.1 Å². The Balaban J connectivity index is 1.08. The van der Waals surface area contributed by atoms with Gasteiger partial charge in [-0.2, -0.15) is 0 Å². The number of benzene rings is 1. The van der Waals surface area contributed by atoms with Gasteiger partial charge in [0.15, 0.2) is 5.76 Å². The number of fused-ring (bicyclic) bond motifs is 1. The van der Waals surface area contributed by atoms with Crippen LogP contribution in [0.3, 0.4) is 0 Å². The van der Waals surface area contributed by atoms with E-state index in [2.05, 4.69) is 28.0 Å². The van der Waals surface area contributed by atoms with Gasteiger partial charge in [-0.25, -0.2) is 0 Å². The molecular weight excluding hydrogens is 510 g/mol. The van der Waals surface area contributed by atoms with Gasteiger partial charge in [0.25, 0.3) is 0 Å². The number of nitrogens with zero attached hydrogens (tertiary/aromatic N) is 3. The molecule has 1 aliphatic carbocycles. The van der Waals surface area contributed by atoms with Crippen LogP contribution in [0.1, 0.15) is 79.2 Å². The van der Waals surface area contributed by atoms with Crippen LogP contribution in [0.4, 0.5) is 0 Å². The van der Waals surface area contributed by atoms with Gasteiger partial charge in [0.1, 0.15) is 11.7 Å². The molecule has 4 heterocycles. The van der Waals surface area contributed by atoms with Gasteiger partial charge >= 0.3 is 5.97 Å². The van der Waals surface area contributed by atoms with E-state index < -0.39 is 11.9 Å². The van der Waals surface area contributed by atoms with Crippen LogP contribution in [0.2, 0.25) is 0 Å². The highest BCUT2D eigenvalue weighted by atomic mass is 32.1. The lowest BCUT2D eigenvalue weighted by Crippen LogP contribution is -2.47. The predicted octanol–water partition coefficient (Wildman–Crippen LogP) is 6.92. The summed E-state index contributed by atoms with van der Waals surface area (Å²) in [5, 5.41) is 25.3. The minimum absolute atomic E-state index is 0.0427. The largest absolute Gasteiger partial charge is 0.507 e. The lowest BCUT2D eigenvalue weighted by molar-refractivity contribution is -0.140. The maximum Gasteiger partial charge on any atom is 0.314 e. The van der Waals surface area contributed by atoms with E-state index >= 15 is 0 Å². The highest BCUT2D eigenvalue weighted by molar-refractivity contribution is 7.19. The number of phenolic OH excluding ortho intramolecular Hbond substituents is 1. The summed E-state index contributed by atoms with van der Waals surface area (Å²) < 4.78 is 6.67. The molecule has 2 aliphatic rings. The number of aromatic nitrogens is 2. The number of carboxylic acids is 1. The number of thiophene rings is 1. The number of hydrogen-bond donors (Lipinski definition) is 2. The van der Waals surface area contributed by atoms with Crippen molar-refractivity contribution in [2.75, 3.05) is 13.1 Å². The van der Waals surface area contributed by atoms with Gasteiger partial charge in [-0.05, 0) is 86.7 Å². The summed E-state index contributed by atoms with van der Waals surface area (Å²) >= 11 is 1.87. The van der Waals surface area contributed by atoms with Crippen LogP contribution in [-0.4, -0.2) is 50.4 Å². The van der Waals surface area contributed by atoms with Gasteiger partial charge in [-0.1, -0.05) is 31.1 Å². The Labute approximate surface area is 232 Å². The van der Waals surface area contributed by atoms with Crippen molar-refractivity contribution in [1.82, 2.24) is 15.0 Å². The molecule has 0 spiro atoms. The molecule has 1 unspecified atom stereocenters. The third-order valence-electron chi connectivity index (χ3n) is 8.77. The first-order valence-electron chi connectivity index (χ1n) is 13.9. The number of pyridine rings is 1. The molecule has 1 aliphatic heterocycles. The molecule has 39 heavy (non-hydrogen) atoms. The van der Waals surface area contributed by atoms with Gasteiger partial charge in [-0.15, -0.1) is 11.3 Å². The number of aliphatic carboxylic acids is 1. The normalized spacial score (nSPS) is 21.3. The SMILES string of the molecule is Cc1c(C2CCN(C3CC(c4cc(C(C(=O)O)C(C)C)on4)C3)CC2)sc2cnc(-c3ccccc3O)cc12. The summed E-state index contributed by atoms with van der Waals surface area (Å²) in [5.41, 5.74) is 3.83. The first-order valence-corrected chi connectivity index (χ1v) is 14.7. The van der Waals surface area contributed by atoms with Crippen molar-refractivity contribution in [1.29, 1.82) is 0 Å². The fourth-order valence-electron chi connectivity index (χ4n) is 6.40. The summed E-state index contributed by atoms with van der Waals surface area (Å²) in [6, 6.07) is 11.9. The van der Waals surface area contributed by atoms with Crippen molar-refractivity contribution < 1.29 is 19.5 Å². The number of carboxylic acid groups (broad SMARTS) is 1. The number of likely N-dealkylation sites (tertiary alicyclic amines) is 1. The fraction of sp³-hybridized carbons (Fsp3) is 0.452. The molecule has 1 aromatic carbocycles.